The number of methoxy groups -OCH3 is 1. The molecule has 0 saturated carbocycles. The van der Waals surface area contributed by atoms with Crippen LogP contribution < -0.4 is 10.1 Å². The van der Waals surface area contributed by atoms with Crippen LogP contribution in [0.5, 0.6) is 5.88 Å². The Balaban J connectivity index is 1.95. The number of carbonyl (C=O) groups excluding carboxylic acids is 2. The first kappa shape index (κ1) is 21.7. The van der Waals surface area contributed by atoms with E-state index in [1.807, 2.05) is 20.8 Å². The van der Waals surface area contributed by atoms with Crippen LogP contribution in [0.2, 0.25) is 0 Å². The summed E-state index contributed by atoms with van der Waals surface area (Å²) in [6.07, 6.45) is 1.12. The Labute approximate surface area is 175 Å². The average molecular weight is 416 g/mol. The molecule has 2 aromatic heterocycles. The van der Waals surface area contributed by atoms with Crippen molar-refractivity contribution in [2.75, 3.05) is 20.7 Å². The Bertz CT molecular complexity index is 922. The average Bonchev–Trinajstić information content (AvgIpc) is 3.33. The third kappa shape index (κ3) is 4.28. The predicted octanol–water partition coefficient (Wildman–Crippen LogP) is 0.644. The van der Waals surface area contributed by atoms with E-state index in [1.165, 1.54) is 23.7 Å². The highest BCUT2D eigenvalue weighted by Gasteiger charge is 2.45. The number of amides is 2. The molecule has 30 heavy (non-hydrogen) atoms. The maximum Gasteiger partial charge on any atom is 0.248 e. The van der Waals surface area contributed by atoms with Crippen LogP contribution in [-0.2, 0) is 9.59 Å². The summed E-state index contributed by atoms with van der Waals surface area (Å²) in [5.41, 5.74) is 0.547. The van der Waals surface area contributed by atoms with E-state index in [-0.39, 0.29) is 24.8 Å². The fraction of sp³-hybridized carbons (Fsp3) is 0.550. The van der Waals surface area contributed by atoms with Gasteiger partial charge in [-0.25, -0.2) is 9.67 Å². The lowest BCUT2D eigenvalue weighted by Crippen LogP contribution is -2.49. The first-order valence-electron chi connectivity index (χ1n) is 9.79. The fourth-order valence-electron chi connectivity index (χ4n) is 3.70. The molecule has 2 N–H and O–H groups in total. The van der Waals surface area contributed by atoms with Crippen molar-refractivity contribution in [3.05, 3.63) is 24.4 Å². The number of hydrogen-bond donors (Lipinski definition) is 2. The lowest BCUT2D eigenvalue weighted by molar-refractivity contribution is -0.144. The van der Waals surface area contributed by atoms with Crippen molar-refractivity contribution in [2.45, 2.75) is 45.4 Å². The van der Waals surface area contributed by atoms with E-state index in [2.05, 4.69) is 20.6 Å². The first-order chi connectivity index (χ1) is 14.2. The molecule has 0 bridgehead atoms. The molecule has 1 fully saturated rings. The van der Waals surface area contributed by atoms with Crippen molar-refractivity contribution < 1.29 is 19.4 Å². The van der Waals surface area contributed by atoms with Gasteiger partial charge in [0, 0.05) is 26.1 Å². The SMILES string of the molecule is CNC(=O)C1CC(O)CN1C(=O)[C@@H](n1cc(-c2cccc(OC)n2)nn1)C(C)(C)C. The van der Waals surface area contributed by atoms with E-state index in [0.717, 1.165) is 0 Å². The molecule has 2 amide bonds. The molecular formula is C20H28N6O4. The number of likely N-dealkylation sites (N-methyl/N-ethyl adjacent to an activating group) is 1. The van der Waals surface area contributed by atoms with Gasteiger partial charge >= 0.3 is 0 Å². The zero-order valence-electron chi connectivity index (χ0n) is 17.9. The number of aromatic nitrogens is 4. The summed E-state index contributed by atoms with van der Waals surface area (Å²) in [5.74, 6) is -0.139. The molecular weight excluding hydrogens is 388 g/mol. The van der Waals surface area contributed by atoms with Gasteiger partial charge in [-0.2, -0.15) is 0 Å². The summed E-state index contributed by atoms with van der Waals surface area (Å²) < 4.78 is 6.66. The van der Waals surface area contributed by atoms with E-state index in [4.69, 9.17) is 4.74 Å². The topological polar surface area (TPSA) is 122 Å². The number of pyridine rings is 1. The molecule has 1 aliphatic heterocycles. The number of rotatable bonds is 5. The Morgan fingerprint density at radius 3 is 2.67 bits per heavy atom. The van der Waals surface area contributed by atoms with Crippen LogP contribution in [0.1, 0.15) is 33.2 Å². The number of aliphatic hydroxyl groups is 1. The van der Waals surface area contributed by atoms with Crippen molar-refractivity contribution in [2.24, 2.45) is 5.41 Å². The van der Waals surface area contributed by atoms with Crippen LogP contribution in [0.25, 0.3) is 11.4 Å². The van der Waals surface area contributed by atoms with Gasteiger partial charge in [-0.3, -0.25) is 9.59 Å². The van der Waals surface area contributed by atoms with Gasteiger partial charge in [-0.05, 0) is 11.5 Å². The van der Waals surface area contributed by atoms with Crippen LogP contribution >= 0.6 is 0 Å². The minimum Gasteiger partial charge on any atom is -0.481 e. The van der Waals surface area contributed by atoms with Crippen molar-refractivity contribution >= 4 is 11.8 Å². The number of likely N-dealkylation sites (tertiary alicyclic amines) is 1. The summed E-state index contributed by atoms with van der Waals surface area (Å²) in [5, 5.41) is 21.0. The van der Waals surface area contributed by atoms with Gasteiger partial charge in [0.05, 0.1) is 25.1 Å². The highest BCUT2D eigenvalue weighted by atomic mass is 16.5. The van der Waals surface area contributed by atoms with E-state index in [1.54, 1.807) is 24.4 Å². The molecule has 3 atom stereocenters. The fourth-order valence-corrected chi connectivity index (χ4v) is 3.70. The predicted molar refractivity (Wildman–Crippen MR) is 108 cm³/mol. The van der Waals surface area contributed by atoms with Crippen LogP contribution in [0.4, 0.5) is 0 Å². The lowest BCUT2D eigenvalue weighted by Gasteiger charge is -2.34. The maximum atomic E-state index is 13.5. The molecule has 1 saturated heterocycles. The molecule has 0 aromatic carbocycles. The van der Waals surface area contributed by atoms with E-state index < -0.39 is 23.6 Å². The molecule has 0 aliphatic carbocycles. The van der Waals surface area contributed by atoms with Gasteiger partial charge in [0.1, 0.15) is 17.8 Å². The third-order valence-electron chi connectivity index (χ3n) is 5.14. The van der Waals surface area contributed by atoms with Gasteiger partial charge in [0.2, 0.25) is 17.7 Å². The van der Waals surface area contributed by atoms with Crippen molar-refractivity contribution in [1.82, 2.24) is 30.2 Å². The molecule has 0 spiro atoms. The van der Waals surface area contributed by atoms with E-state index in [9.17, 15) is 14.7 Å². The second-order valence-corrected chi connectivity index (χ2v) is 8.43. The summed E-state index contributed by atoms with van der Waals surface area (Å²) in [6.45, 7) is 5.86. The van der Waals surface area contributed by atoms with Crippen molar-refractivity contribution in [1.29, 1.82) is 0 Å². The zero-order chi connectivity index (χ0) is 22.1. The van der Waals surface area contributed by atoms with Gasteiger partial charge in [-0.1, -0.05) is 32.1 Å². The zero-order valence-corrected chi connectivity index (χ0v) is 17.9. The standard InChI is InChI=1S/C20H28N6O4/c1-20(2,3)17(19(29)25-10-12(27)9-15(25)18(28)21-4)26-11-14(23-24-26)13-7-6-8-16(22-13)30-5/h6-8,11-12,15,17,27H,9-10H2,1-5H3,(H,21,28)/t12?,15?,17-/m1/s1. The minimum atomic E-state index is -0.746. The molecule has 3 rings (SSSR count). The molecule has 0 radical (unpaired) electrons. The molecule has 2 aromatic rings. The number of nitrogens with zero attached hydrogens (tertiary/aromatic N) is 5. The number of β-amino-alcohol motifs (C(OH)–C–C–N with tert-alkyl or cyclic N) is 1. The van der Waals surface area contributed by atoms with E-state index in [0.29, 0.717) is 17.3 Å². The van der Waals surface area contributed by atoms with Crippen LogP contribution in [0.15, 0.2) is 24.4 Å². The Hall–Kier alpha value is -3.01. The van der Waals surface area contributed by atoms with Crippen molar-refractivity contribution in [3.8, 4) is 17.3 Å². The summed E-state index contributed by atoms with van der Waals surface area (Å²) in [6, 6.07) is 3.87. The quantitative estimate of drug-likeness (QED) is 0.733. The largest absolute Gasteiger partial charge is 0.481 e. The Morgan fingerprint density at radius 1 is 1.30 bits per heavy atom. The summed E-state index contributed by atoms with van der Waals surface area (Å²) in [4.78, 5) is 31.6. The second-order valence-electron chi connectivity index (χ2n) is 8.43. The third-order valence-corrected chi connectivity index (χ3v) is 5.14. The number of ether oxygens (including phenoxy) is 1. The van der Waals surface area contributed by atoms with Crippen LogP contribution in [0, 0.1) is 5.41 Å². The summed E-state index contributed by atoms with van der Waals surface area (Å²) in [7, 11) is 3.05. The smallest absolute Gasteiger partial charge is 0.248 e. The number of nitrogens with one attached hydrogen (secondary N) is 1. The number of aliphatic hydroxyl groups excluding tert-OH is 1. The van der Waals surface area contributed by atoms with Gasteiger partial charge < -0.3 is 20.1 Å². The number of hydrogen-bond acceptors (Lipinski definition) is 7. The normalized spacial score (nSPS) is 20.1. The highest BCUT2D eigenvalue weighted by molar-refractivity contribution is 5.90. The number of carbonyl (C=O) groups is 2. The molecule has 1 aliphatic rings. The van der Waals surface area contributed by atoms with E-state index >= 15 is 0 Å². The van der Waals surface area contributed by atoms with Gasteiger partial charge in [0.15, 0.2) is 0 Å². The van der Waals surface area contributed by atoms with Crippen molar-refractivity contribution in [3.63, 3.8) is 0 Å². The lowest BCUT2D eigenvalue weighted by atomic mass is 9.85. The second kappa shape index (κ2) is 8.39. The first-order valence-corrected chi connectivity index (χ1v) is 9.79. The highest BCUT2D eigenvalue weighted by Crippen LogP contribution is 2.34. The minimum absolute atomic E-state index is 0.0997. The molecule has 10 nitrogen and oxygen atoms in total. The summed E-state index contributed by atoms with van der Waals surface area (Å²) >= 11 is 0. The monoisotopic (exact) mass is 416 g/mol. The Morgan fingerprint density at radius 2 is 2.03 bits per heavy atom. The molecule has 2 unspecified atom stereocenters. The van der Waals surface area contributed by atoms with Gasteiger partial charge in [-0.15, -0.1) is 5.10 Å². The maximum absolute atomic E-state index is 13.5. The molecule has 3 heterocycles. The van der Waals surface area contributed by atoms with Gasteiger partial charge in [0.25, 0.3) is 0 Å². The van der Waals surface area contributed by atoms with Crippen LogP contribution in [-0.4, -0.2) is 74.6 Å². The molecule has 162 valence electrons. The van der Waals surface area contributed by atoms with Crippen LogP contribution in [0.3, 0.4) is 0 Å². The Kier molecular flexibility index (Phi) is 6.06. The molecule has 10 heteroatoms.